The molecule has 0 spiro atoms. The maximum atomic E-state index is 12.8. The van der Waals surface area contributed by atoms with Gasteiger partial charge in [-0.25, -0.2) is 0 Å². The number of nitrogens with zero attached hydrogens (tertiary/aromatic N) is 1. The molecule has 0 aliphatic carbocycles. The molecule has 0 saturated carbocycles. The molecule has 0 radical (unpaired) electrons. The number of aliphatic hydroxyl groups excluding tert-OH is 1. The van der Waals surface area contributed by atoms with E-state index >= 15 is 0 Å². The van der Waals surface area contributed by atoms with Crippen molar-refractivity contribution in [2.75, 3.05) is 40.9 Å². The standard InChI is InChI=1S/C49H95N2O6P/c1-6-8-10-12-14-16-17-18-19-20-21-22-23-24-25-26-27-28-29-30-31-32-33-35-37-39-41-43-49(53)50-47(46-57-58(54,55)56-45-44-51(3,4)5)48(52)42-40-38-36-34-15-13-11-9-7-2/h17-18,20-21,40,42,47-48,52H,6-16,19,22-39,41,43-46H2,1-5H3,(H-,50,53,54,55)/b18-17-,21-20-,42-40+. The first-order valence-corrected chi connectivity index (χ1v) is 25.8. The summed E-state index contributed by atoms with van der Waals surface area (Å²) in [6.45, 7) is 4.61. The summed E-state index contributed by atoms with van der Waals surface area (Å²) in [7, 11) is 1.26. The van der Waals surface area contributed by atoms with Crippen LogP contribution >= 0.6 is 7.82 Å². The van der Waals surface area contributed by atoms with Crippen molar-refractivity contribution in [3.63, 3.8) is 0 Å². The van der Waals surface area contributed by atoms with Crippen LogP contribution in [0.4, 0.5) is 0 Å². The summed E-state index contributed by atoms with van der Waals surface area (Å²) in [5.74, 6) is -0.200. The fraction of sp³-hybridized carbons (Fsp3) is 0.857. The third-order valence-corrected chi connectivity index (χ3v) is 11.8. The van der Waals surface area contributed by atoms with Crippen LogP contribution in [0.1, 0.15) is 219 Å². The molecule has 0 fully saturated rings. The minimum absolute atomic E-state index is 0.000754. The van der Waals surface area contributed by atoms with Gasteiger partial charge in [0, 0.05) is 6.42 Å². The lowest BCUT2D eigenvalue weighted by Crippen LogP contribution is -2.45. The van der Waals surface area contributed by atoms with Gasteiger partial charge in [0.2, 0.25) is 5.91 Å². The minimum Gasteiger partial charge on any atom is -0.756 e. The molecule has 58 heavy (non-hydrogen) atoms. The number of phosphoric acid groups is 1. The Labute approximate surface area is 359 Å². The highest BCUT2D eigenvalue weighted by molar-refractivity contribution is 7.45. The average molecular weight is 839 g/mol. The quantitative estimate of drug-likeness (QED) is 0.0274. The predicted octanol–water partition coefficient (Wildman–Crippen LogP) is 13.2. The fourth-order valence-electron chi connectivity index (χ4n) is 6.95. The lowest BCUT2D eigenvalue weighted by atomic mass is 10.0. The van der Waals surface area contributed by atoms with Gasteiger partial charge in [-0.05, 0) is 51.4 Å². The number of phosphoric ester groups is 1. The fourth-order valence-corrected chi connectivity index (χ4v) is 7.67. The van der Waals surface area contributed by atoms with E-state index in [4.69, 9.17) is 9.05 Å². The highest BCUT2D eigenvalue weighted by atomic mass is 31.2. The van der Waals surface area contributed by atoms with E-state index in [9.17, 15) is 19.4 Å². The van der Waals surface area contributed by atoms with Gasteiger partial charge in [-0.1, -0.05) is 198 Å². The summed E-state index contributed by atoms with van der Waals surface area (Å²) < 4.78 is 23.2. The summed E-state index contributed by atoms with van der Waals surface area (Å²) in [6, 6.07) is -0.883. The van der Waals surface area contributed by atoms with Gasteiger partial charge in [-0.15, -0.1) is 0 Å². The van der Waals surface area contributed by atoms with Gasteiger partial charge in [-0.3, -0.25) is 9.36 Å². The molecule has 342 valence electrons. The lowest BCUT2D eigenvalue weighted by molar-refractivity contribution is -0.870. The third kappa shape index (κ3) is 42.8. The number of rotatable bonds is 44. The second kappa shape index (κ2) is 41.1. The first-order valence-electron chi connectivity index (χ1n) is 24.4. The predicted molar refractivity (Wildman–Crippen MR) is 247 cm³/mol. The molecule has 9 heteroatoms. The van der Waals surface area contributed by atoms with E-state index in [-0.39, 0.29) is 19.1 Å². The number of allylic oxidation sites excluding steroid dienone is 5. The number of nitrogens with one attached hydrogen (secondary N) is 1. The lowest BCUT2D eigenvalue weighted by Gasteiger charge is -2.29. The largest absolute Gasteiger partial charge is 0.756 e. The first kappa shape index (κ1) is 56.7. The molecule has 0 rings (SSSR count). The van der Waals surface area contributed by atoms with Crippen molar-refractivity contribution >= 4 is 13.7 Å². The number of unbranched alkanes of at least 4 members (excludes halogenated alkanes) is 27. The van der Waals surface area contributed by atoms with E-state index in [1.54, 1.807) is 6.08 Å². The summed E-state index contributed by atoms with van der Waals surface area (Å²) in [4.78, 5) is 25.3. The molecule has 0 aliphatic rings. The van der Waals surface area contributed by atoms with E-state index in [0.29, 0.717) is 17.4 Å². The van der Waals surface area contributed by atoms with Crippen molar-refractivity contribution in [3.8, 4) is 0 Å². The summed E-state index contributed by atoms with van der Waals surface area (Å²) in [5.41, 5.74) is 0. The van der Waals surface area contributed by atoms with E-state index in [1.165, 1.54) is 154 Å². The van der Waals surface area contributed by atoms with Crippen LogP contribution in [0.2, 0.25) is 0 Å². The molecule has 3 atom stereocenters. The summed E-state index contributed by atoms with van der Waals surface area (Å²) >= 11 is 0. The van der Waals surface area contributed by atoms with Crippen molar-refractivity contribution in [1.82, 2.24) is 5.32 Å². The highest BCUT2D eigenvalue weighted by Gasteiger charge is 2.23. The highest BCUT2D eigenvalue weighted by Crippen LogP contribution is 2.38. The van der Waals surface area contributed by atoms with Crippen molar-refractivity contribution in [3.05, 3.63) is 36.5 Å². The van der Waals surface area contributed by atoms with E-state index in [2.05, 4.69) is 43.5 Å². The number of quaternary nitrogens is 1. The topological polar surface area (TPSA) is 108 Å². The van der Waals surface area contributed by atoms with Gasteiger partial charge < -0.3 is 28.8 Å². The number of amides is 1. The molecule has 8 nitrogen and oxygen atoms in total. The number of carbonyl (C=O) groups is 1. The van der Waals surface area contributed by atoms with E-state index < -0.39 is 20.0 Å². The molecule has 0 aromatic heterocycles. The molecular weight excluding hydrogens is 744 g/mol. The Morgan fingerprint density at radius 2 is 1.00 bits per heavy atom. The Bertz CT molecular complexity index is 1040. The summed E-state index contributed by atoms with van der Waals surface area (Å²) in [5, 5.41) is 13.7. The molecule has 0 saturated heterocycles. The minimum atomic E-state index is -4.58. The monoisotopic (exact) mass is 839 g/mol. The SMILES string of the molecule is CCCCCCC/C=C\C/C=C\CCCCCCCCCCCCCCCCCC(=O)NC(COP(=O)([O-])OCC[N+](C)(C)C)C(O)/C=C/CCCCCCCCC. The van der Waals surface area contributed by atoms with Crippen LogP contribution in [0.25, 0.3) is 0 Å². The first-order chi connectivity index (χ1) is 28.0. The second-order valence-electron chi connectivity index (χ2n) is 17.8. The van der Waals surface area contributed by atoms with Crippen LogP contribution in [-0.2, 0) is 18.4 Å². The molecule has 0 bridgehead atoms. The van der Waals surface area contributed by atoms with Gasteiger partial charge >= 0.3 is 0 Å². The maximum absolute atomic E-state index is 12.8. The van der Waals surface area contributed by atoms with Crippen molar-refractivity contribution in [2.24, 2.45) is 0 Å². The van der Waals surface area contributed by atoms with Gasteiger partial charge in [0.05, 0.1) is 39.9 Å². The number of hydrogen-bond acceptors (Lipinski definition) is 6. The Balaban J connectivity index is 4.08. The Morgan fingerprint density at radius 3 is 1.43 bits per heavy atom. The van der Waals surface area contributed by atoms with Crippen LogP contribution in [-0.4, -0.2) is 68.5 Å². The average Bonchev–Trinajstić information content (AvgIpc) is 3.17. The van der Waals surface area contributed by atoms with Crippen LogP contribution in [0.5, 0.6) is 0 Å². The van der Waals surface area contributed by atoms with Crippen LogP contribution < -0.4 is 10.2 Å². The van der Waals surface area contributed by atoms with E-state index in [0.717, 1.165) is 44.9 Å². The molecule has 0 heterocycles. The molecule has 1 amide bonds. The van der Waals surface area contributed by atoms with E-state index in [1.807, 2.05) is 27.2 Å². The van der Waals surface area contributed by atoms with Crippen molar-refractivity contribution in [1.29, 1.82) is 0 Å². The summed E-state index contributed by atoms with van der Waals surface area (Å²) in [6.07, 6.45) is 50.7. The zero-order valence-electron chi connectivity index (χ0n) is 38.8. The van der Waals surface area contributed by atoms with Crippen LogP contribution in [0.3, 0.4) is 0 Å². The van der Waals surface area contributed by atoms with Crippen molar-refractivity contribution < 1.29 is 32.9 Å². The van der Waals surface area contributed by atoms with Gasteiger partial charge in [0.1, 0.15) is 13.2 Å². The van der Waals surface area contributed by atoms with Gasteiger partial charge in [-0.2, -0.15) is 0 Å². The molecule has 2 N–H and O–H groups in total. The van der Waals surface area contributed by atoms with Crippen molar-refractivity contribution in [2.45, 2.75) is 231 Å². The molecular formula is C49H95N2O6P. The zero-order chi connectivity index (χ0) is 42.8. The Hall–Kier alpha value is -1.28. The van der Waals surface area contributed by atoms with Crippen LogP contribution in [0, 0.1) is 0 Å². The Kier molecular flexibility index (Phi) is 40.2. The number of hydrogen-bond donors (Lipinski definition) is 2. The smallest absolute Gasteiger partial charge is 0.268 e. The second-order valence-corrected chi connectivity index (χ2v) is 19.2. The van der Waals surface area contributed by atoms with Gasteiger partial charge in [0.25, 0.3) is 7.82 Å². The number of aliphatic hydroxyl groups is 1. The molecule has 0 aromatic rings. The Morgan fingerprint density at radius 1 is 0.603 bits per heavy atom. The molecule has 3 unspecified atom stereocenters. The molecule has 0 aromatic carbocycles. The van der Waals surface area contributed by atoms with Gasteiger partial charge in [0.15, 0.2) is 0 Å². The normalized spacial score (nSPS) is 14.5. The maximum Gasteiger partial charge on any atom is 0.268 e. The zero-order valence-corrected chi connectivity index (χ0v) is 39.6. The molecule has 0 aliphatic heterocycles. The third-order valence-electron chi connectivity index (χ3n) is 10.8. The number of carbonyl (C=O) groups excluding carboxylic acids is 1. The number of likely N-dealkylation sites (N-methyl/N-ethyl adjacent to an activating group) is 1. The van der Waals surface area contributed by atoms with Crippen LogP contribution in [0.15, 0.2) is 36.5 Å².